The minimum atomic E-state index is -3.39. The van der Waals surface area contributed by atoms with E-state index in [-0.39, 0.29) is 0 Å². The van der Waals surface area contributed by atoms with Crippen molar-refractivity contribution in [3.8, 4) is 11.5 Å². The molecule has 26 heavy (non-hydrogen) atoms. The molecule has 0 spiro atoms. The molecule has 2 aromatic heterocycles. The van der Waals surface area contributed by atoms with Gasteiger partial charge in [0.25, 0.3) is 0 Å². The number of oxazole rings is 1. The molecule has 0 saturated heterocycles. The molecule has 0 unspecified atom stereocenters. The predicted molar refractivity (Wildman–Crippen MR) is 105 cm³/mol. The van der Waals surface area contributed by atoms with E-state index >= 15 is 0 Å². The topological polar surface area (TPSA) is 75.4 Å². The molecule has 8 heteroatoms. The summed E-state index contributed by atoms with van der Waals surface area (Å²) in [6, 6.07) is 11.2. The molecule has 3 rings (SSSR count). The van der Waals surface area contributed by atoms with Gasteiger partial charge in [-0.1, -0.05) is 18.2 Å². The summed E-state index contributed by atoms with van der Waals surface area (Å²) in [6.45, 7) is 3.36. The predicted octanol–water partition coefficient (Wildman–Crippen LogP) is 3.72. The zero-order valence-corrected chi connectivity index (χ0v) is 16.5. The molecule has 1 aromatic carbocycles. The number of thiophene rings is 1. The third-order valence-electron chi connectivity index (χ3n) is 3.77. The van der Waals surface area contributed by atoms with Crippen LogP contribution in [0.4, 0.5) is 5.69 Å². The van der Waals surface area contributed by atoms with Crippen molar-refractivity contribution >= 4 is 27.0 Å². The van der Waals surface area contributed by atoms with Crippen LogP contribution in [-0.4, -0.2) is 31.6 Å². The van der Waals surface area contributed by atoms with Crippen LogP contribution in [0.1, 0.15) is 16.3 Å². The number of nitrogens with zero attached hydrogens (tertiary/aromatic N) is 2. The van der Waals surface area contributed by atoms with Gasteiger partial charge in [-0.3, -0.25) is 9.62 Å². The number of benzene rings is 1. The fraction of sp³-hybridized carbons (Fsp3) is 0.278. The fourth-order valence-electron chi connectivity index (χ4n) is 2.63. The average Bonchev–Trinajstić information content (AvgIpc) is 3.17. The lowest BCUT2D eigenvalue weighted by atomic mass is 10.2. The lowest BCUT2D eigenvalue weighted by molar-refractivity contribution is 0.316. The molecule has 0 fully saturated rings. The molecular formula is C18H21N3O3S2. The Balaban J connectivity index is 1.82. The van der Waals surface area contributed by atoms with Crippen molar-refractivity contribution in [3.63, 3.8) is 0 Å². The standard InChI is InChI=1S/C18H21N3O3S2/c1-13-17(12-21(2)11-14-7-6-10-25-14)19-18(24-13)15-8-4-5-9-16(15)20-26(3,22)23/h4-10,20H,11-12H2,1-3H3. The van der Waals surface area contributed by atoms with E-state index in [4.69, 9.17) is 4.42 Å². The summed E-state index contributed by atoms with van der Waals surface area (Å²) in [6.07, 6.45) is 1.12. The maximum Gasteiger partial charge on any atom is 0.229 e. The summed E-state index contributed by atoms with van der Waals surface area (Å²) in [4.78, 5) is 8.06. The third-order valence-corrected chi connectivity index (χ3v) is 5.22. The molecule has 2 heterocycles. The monoisotopic (exact) mass is 391 g/mol. The van der Waals surface area contributed by atoms with Gasteiger partial charge in [-0.15, -0.1) is 11.3 Å². The Morgan fingerprint density at radius 2 is 1.96 bits per heavy atom. The average molecular weight is 392 g/mol. The minimum Gasteiger partial charge on any atom is -0.441 e. The van der Waals surface area contributed by atoms with Crippen LogP contribution in [0.3, 0.4) is 0 Å². The highest BCUT2D eigenvalue weighted by Crippen LogP contribution is 2.29. The molecule has 0 bridgehead atoms. The van der Waals surface area contributed by atoms with Gasteiger partial charge in [0.2, 0.25) is 15.9 Å². The van der Waals surface area contributed by atoms with Crippen molar-refractivity contribution in [1.82, 2.24) is 9.88 Å². The van der Waals surface area contributed by atoms with Gasteiger partial charge in [-0.25, -0.2) is 13.4 Å². The van der Waals surface area contributed by atoms with Crippen molar-refractivity contribution in [2.24, 2.45) is 0 Å². The second kappa shape index (κ2) is 7.61. The lowest BCUT2D eigenvalue weighted by Gasteiger charge is -2.13. The summed E-state index contributed by atoms with van der Waals surface area (Å²) in [7, 11) is -1.35. The van der Waals surface area contributed by atoms with Gasteiger partial charge in [-0.2, -0.15) is 0 Å². The molecular weight excluding hydrogens is 370 g/mol. The van der Waals surface area contributed by atoms with Gasteiger partial charge in [0, 0.05) is 18.0 Å². The van der Waals surface area contributed by atoms with E-state index in [1.54, 1.807) is 29.5 Å². The molecule has 1 N–H and O–H groups in total. The largest absolute Gasteiger partial charge is 0.441 e. The Hall–Kier alpha value is -2.16. The first-order valence-electron chi connectivity index (χ1n) is 8.06. The Morgan fingerprint density at radius 3 is 2.65 bits per heavy atom. The number of rotatable bonds is 7. The second-order valence-corrected chi connectivity index (χ2v) is 8.97. The maximum absolute atomic E-state index is 11.6. The number of aryl methyl sites for hydroxylation is 1. The van der Waals surface area contributed by atoms with Crippen molar-refractivity contribution < 1.29 is 12.8 Å². The number of para-hydroxylation sites is 1. The summed E-state index contributed by atoms with van der Waals surface area (Å²) in [5.41, 5.74) is 1.91. The van der Waals surface area contributed by atoms with Gasteiger partial charge in [0.1, 0.15) is 5.76 Å². The minimum absolute atomic E-state index is 0.411. The zero-order chi connectivity index (χ0) is 18.7. The van der Waals surface area contributed by atoms with E-state index in [0.717, 1.165) is 24.3 Å². The highest BCUT2D eigenvalue weighted by atomic mass is 32.2. The molecule has 0 saturated carbocycles. The quantitative estimate of drug-likeness (QED) is 0.664. The van der Waals surface area contributed by atoms with Gasteiger partial charge < -0.3 is 4.42 Å². The number of aromatic nitrogens is 1. The summed E-state index contributed by atoms with van der Waals surface area (Å²) >= 11 is 1.72. The molecule has 0 radical (unpaired) electrons. The molecule has 0 amide bonds. The molecule has 0 aliphatic heterocycles. The first-order chi connectivity index (χ1) is 12.3. The number of sulfonamides is 1. The molecule has 6 nitrogen and oxygen atoms in total. The normalized spacial score (nSPS) is 11.8. The number of anilines is 1. The Kier molecular flexibility index (Phi) is 5.45. The van der Waals surface area contributed by atoms with Crippen molar-refractivity contribution in [2.75, 3.05) is 18.0 Å². The molecule has 0 aliphatic rings. The molecule has 138 valence electrons. The molecule has 3 aromatic rings. The van der Waals surface area contributed by atoms with E-state index < -0.39 is 10.0 Å². The van der Waals surface area contributed by atoms with Crippen LogP contribution < -0.4 is 4.72 Å². The molecule has 0 aliphatic carbocycles. The van der Waals surface area contributed by atoms with Gasteiger partial charge in [0.15, 0.2) is 0 Å². The van der Waals surface area contributed by atoms with E-state index in [1.807, 2.05) is 26.1 Å². The number of hydrogen-bond acceptors (Lipinski definition) is 6. The van der Waals surface area contributed by atoms with Crippen LogP contribution in [-0.2, 0) is 23.1 Å². The Labute approximate surface area is 157 Å². The van der Waals surface area contributed by atoms with E-state index in [2.05, 4.69) is 26.1 Å². The first-order valence-corrected chi connectivity index (χ1v) is 10.8. The highest BCUT2D eigenvalue weighted by molar-refractivity contribution is 7.92. The summed E-state index contributed by atoms with van der Waals surface area (Å²) < 4.78 is 31.5. The lowest BCUT2D eigenvalue weighted by Crippen LogP contribution is -2.17. The smallest absolute Gasteiger partial charge is 0.229 e. The highest BCUT2D eigenvalue weighted by Gasteiger charge is 2.17. The fourth-order valence-corrected chi connectivity index (χ4v) is 3.99. The third kappa shape index (κ3) is 4.72. The summed E-state index contributed by atoms with van der Waals surface area (Å²) in [5.74, 6) is 1.14. The number of nitrogens with one attached hydrogen (secondary N) is 1. The van der Waals surface area contributed by atoms with Crippen LogP contribution in [0.5, 0.6) is 0 Å². The van der Waals surface area contributed by atoms with Gasteiger partial charge >= 0.3 is 0 Å². The van der Waals surface area contributed by atoms with E-state index in [9.17, 15) is 8.42 Å². The van der Waals surface area contributed by atoms with Crippen molar-refractivity contribution in [2.45, 2.75) is 20.0 Å². The Morgan fingerprint density at radius 1 is 1.19 bits per heavy atom. The number of hydrogen-bond donors (Lipinski definition) is 1. The van der Waals surface area contributed by atoms with Crippen molar-refractivity contribution in [3.05, 3.63) is 58.1 Å². The Bertz CT molecular complexity index is 979. The van der Waals surface area contributed by atoms with Crippen LogP contribution in [0.15, 0.2) is 46.2 Å². The SMILES string of the molecule is Cc1oc(-c2ccccc2NS(C)(=O)=O)nc1CN(C)Cc1cccs1. The van der Waals surface area contributed by atoms with E-state index in [0.29, 0.717) is 23.7 Å². The van der Waals surface area contributed by atoms with E-state index in [1.165, 1.54) is 4.88 Å². The summed E-state index contributed by atoms with van der Waals surface area (Å²) in [5, 5.41) is 2.06. The van der Waals surface area contributed by atoms with Gasteiger partial charge in [-0.05, 0) is 37.6 Å². The van der Waals surface area contributed by atoms with Gasteiger partial charge in [0.05, 0.1) is 23.2 Å². The van der Waals surface area contributed by atoms with Crippen molar-refractivity contribution in [1.29, 1.82) is 0 Å². The molecule has 0 atom stereocenters. The second-order valence-electron chi connectivity index (χ2n) is 6.19. The van der Waals surface area contributed by atoms with Crippen LogP contribution in [0.25, 0.3) is 11.5 Å². The van der Waals surface area contributed by atoms with Crippen LogP contribution in [0, 0.1) is 6.92 Å². The van der Waals surface area contributed by atoms with Crippen LogP contribution in [0.2, 0.25) is 0 Å². The zero-order valence-electron chi connectivity index (χ0n) is 14.9. The maximum atomic E-state index is 11.6. The first kappa shape index (κ1) is 18.6. The van der Waals surface area contributed by atoms with Crippen LogP contribution >= 0.6 is 11.3 Å².